The molecule has 0 fully saturated rings. The van der Waals surface area contributed by atoms with Gasteiger partial charge < -0.3 is 28.0 Å². The lowest BCUT2D eigenvalue weighted by molar-refractivity contribution is -0.138. The van der Waals surface area contributed by atoms with Crippen molar-refractivity contribution in [3.63, 3.8) is 0 Å². The van der Waals surface area contributed by atoms with Crippen LogP contribution in [0, 0.1) is 0 Å². The number of hydrogen-bond acceptors (Lipinski definition) is 11. The van der Waals surface area contributed by atoms with E-state index in [0.29, 0.717) is 24.5 Å². The molecule has 0 radical (unpaired) electrons. The molecule has 0 aromatic carbocycles. The van der Waals surface area contributed by atoms with E-state index in [0.717, 1.165) is 12.8 Å². The van der Waals surface area contributed by atoms with Gasteiger partial charge in [0, 0.05) is 23.6 Å². The molecule has 0 heterocycles. The molecule has 0 saturated carbocycles. The summed E-state index contributed by atoms with van der Waals surface area (Å²) in [5.74, 6) is -0.686. The summed E-state index contributed by atoms with van der Waals surface area (Å²) in [5.41, 5.74) is 21.7. The van der Waals surface area contributed by atoms with Gasteiger partial charge in [-0.25, -0.2) is 0 Å². The zero-order chi connectivity index (χ0) is 23.8. The van der Waals surface area contributed by atoms with Crippen molar-refractivity contribution in [2.45, 2.75) is 50.2 Å². The Labute approximate surface area is 186 Å². The number of unbranched alkanes of at least 4 members (excludes halogenated alkanes) is 1. The number of aliphatic carboxylic acids is 1. The van der Waals surface area contributed by atoms with Crippen molar-refractivity contribution in [2.75, 3.05) is 29.6 Å². The summed E-state index contributed by atoms with van der Waals surface area (Å²) in [7, 11) is -5.17. The lowest BCUT2D eigenvalue weighted by Gasteiger charge is -2.12. The fraction of sp³-hybridized carbons (Fsp3) is 0.929. The number of nitrogens with two attached hydrogens (primary N) is 4. The minimum Gasteiger partial charge on any atom is -0.480 e. The zero-order valence-electron chi connectivity index (χ0n) is 16.6. The molecule has 182 valence electrons. The van der Waals surface area contributed by atoms with Crippen molar-refractivity contribution < 1.29 is 35.8 Å². The van der Waals surface area contributed by atoms with Crippen molar-refractivity contribution in [2.24, 2.45) is 22.9 Å². The normalized spacial score (nSPS) is 15.0. The molecule has 3 atom stereocenters. The van der Waals surface area contributed by atoms with E-state index in [2.05, 4.69) is 0 Å². The number of hydrogen-bond donors (Lipinski definition) is 7. The van der Waals surface area contributed by atoms with E-state index in [9.17, 15) is 21.6 Å². The molecule has 0 aromatic rings. The third-order valence-electron chi connectivity index (χ3n) is 3.43. The highest BCUT2D eigenvalue weighted by atomic mass is 33.1. The molecule has 0 aromatic heterocycles. The second-order valence-corrected chi connectivity index (χ2v) is 12.2. The van der Waals surface area contributed by atoms with E-state index in [1.807, 2.05) is 0 Å². The van der Waals surface area contributed by atoms with Crippen molar-refractivity contribution in [3.05, 3.63) is 0 Å². The number of rotatable bonds is 16. The van der Waals surface area contributed by atoms with E-state index in [1.54, 1.807) is 0 Å². The number of carboxylic acids is 1. The minimum atomic E-state index is -3.98. The van der Waals surface area contributed by atoms with Crippen LogP contribution in [0.5, 0.6) is 0 Å². The zero-order valence-corrected chi connectivity index (χ0v) is 19.9. The molecule has 0 rings (SSSR count). The van der Waals surface area contributed by atoms with Crippen LogP contribution in [-0.4, -0.2) is 84.7 Å². The Balaban J connectivity index is 0. The van der Waals surface area contributed by atoms with Gasteiger partial charge in [0.2, 0.25) is 0 Å². The summed E-state index contributed by atoms with van der Waals surface area (Å²) in [6.45, 7) is 0.604. The predicted octanol–water partition coefficient (Wildman–Crippen LogP) is -0.894. The first-order valence-corrected chi connectivity index (χ1v) is 14.7. The third-order valence-corrected chi connectivity index (χ3v) is 7.54. The molecule has 16 heteroatoms. The Kier molecular flexibility index (Phi) is 18.6. The molecule has 0 amide bonds. The van der Waals surface area contributed by atoms with Crippen LogP contribution in [0.3, 0.4) is 0 Å². The van der Waals surface area contributed by atoms with Crippen LogP contribution in [-0.2, 0) is 25.0 Å². The standard InChI is InChI=1S/C8H20N2O6S4.C6H14N2O2/c9-7(1-3-19(11,12)13)5-17-18-6-8(10)2-4-20(14,15)16;7-4-2-1-3-5(8)6(9)10/h7-8H,1-6,9-10H2,(H,11,12,13)(H,14,15,16);5H,1-4,7-8H2,(H,9,10)/t7-,8-;5-/m10/s1. The molecule has 0 bridgehead atoms. The lowest BCUT2D eigenvalue weighted by atomic mass is 10.1. The molecule has 0 aliphatic rings. The summed E-state index contributed by atoms with van der Waals surface area (Å²) in [6.07, 6.45) is 2.50. The van der Waals surface area contributed by atoms with Gasteiger partial charge in [-0.1, -0.05) is 28.0 Å². The van der Waals surface area contributed by atoms with Crippen LogP contribution in [0.15, 0.2) is 0 Å². The molecule has 0 aliphatic carbocycles. The Morgan fingerprint density at radius 3 is 1.50 bits per heavy atom. The largest absolute Gasteiger partial charge is 0.480 e. The number of carboxylic acid groups (broad SMARTS) is 1. The molecule has 0 spiro atoms. The monoisotopic (exact) mass is 514 g/mol. The Morgan fingerprint density at radius 1 is 0.800 bits per heavy atom. The highest BCUT2D eigenvalue weighted by molar-refractivity contribution is 8.76. The first-order valence-electron chi connectivity index (χ1n) is 9.02. The van der Waals surface area contributed by atoms with E-state index < -0.39 is 32.2 Å². The van der Waals surface area contributed by atoms with Crippen LogP contribution >= 0.6 is 21.6 Å². The highest BCUT2D eigenvalue weighted by Crippen LogP contribution is 2.23. The fourth-order valence-electron chi connectivity index (χ4n) is 1.67. The van der Waals surface area contributed by atoms with Crippen LogP contribution < -0.4 is 22.9 Å². The van der Waals surface area contributed by atoms with Crippen LogP contribution in [0.4, 0.5) is 0 Å². The summed E-state index contributed by atoms with van der Waals surface area (Å²) >= 11 is 0. The van der Waals surface area contributed by atoms with E-state index in [1.165, 1.54) is 21.6 Å². The molecule has 30 heavy (non-hydrogen) atoms. The summed E-state index contributed by atoms with van der Waals surface area (Å²) in [5, 5.41) is 8.33. The van der Waals surface area contributed by atoms with Gasteiger partial charge in [-0.05, 0) is 32.2 Å². The Hall–Kier alpha value is -0.170. The minimum absolute atomic E-state index is 0.168. The lowest BCUT2D eigenvalue weighted by Crippen LogP contribution is -2.29. The van der Waals surface area contributed by atoms with Gasteiger partial charge in [0.1, 0.15) is 6.04 Å². The number of carbonyl (C=O) groups is 1. The van der Waals surface area contributed by atoms with Gasteiger partial charge in [-0.2, -0.15) is 16.8 Å². The van der Waals surface area contributed by atoms with Crippen LogP contribution in [0.1, 0.15) is 32.1 Å². The van der Waals surface area contributed by atoms with Gasteiger partial charge in [0.15, 0.2) is 0 Å². The summed E-state index contributed by atoms with van der Waals surface area (Å²) < 4.78 is 59.1. The maximum atomic E-state index is 10.5. The summed E-state index contributed by atoms with van der Waals surface area (Å²) in [6, 6.07) is -1.43. The average molecular weight is 515 g/mol. The first kappa shape index (κ1) is 32.0. The van der Waals surface area contributed by atoms with Crippen molar-refractivity contribution in [1.29, 1.82) is 0 Å². The molecule has 0 unspecified atom stereocenters. The summed E-state index contributed by atoms with van der Waals surface area (Å²) in [4.78, 5) is 10.1. The highest BCUT2D eigenvalue weighted by Gasteiger charge is 2.12. The van der Waals surface area contributed by atoms with Gasteiger partial charge >= 0.3 is 5.97 Å². The van der Waals surface area contributed by atoms with Gasteiger partial charge in [0.05, 0.1) is 11.5 Å². The second-order valence-electron chi connectivity index (χ2n) is 6.47. The van der Waals surface area contributed by atoms with Gasteiger partial charge in [-0.3, -0.25) is 13.9 Å². The third kappa shape index (κ3) is 25.9. The van der Waals surface area contributed by atoms with E-state index in [4.69, 9.17) is 37.1 Å². The Morgan fingerprint density at radius 2 is 1.20 bits per heavy atom. The molecule has 0 saturated heterocycles. The molecule has 0 aliphatic heterocycles. The van der Waals surface area contributed by atoms with Crippen molar-refractivity contribution >= 4 is 47.8 Å². The smallest absolute Gasteiger partial charge is 0.320 e. The van der Waals surface area contributed by atoms with Crippen LogP contribution in [0.2, 0.25) is 0 Å². The maximum Gasteiger partial charge on any atom is 0.320 e. The molecular formula is C14H34N4O8S4. The van der Waals surface area contributed by atoms with Crippen LogP contribution in [0.25, 0.3) is 0 Å². The average Bonchev–Trinajstić information content (AvgIpc) is 2.61. The fourth-order valence-corrected chi connectivity index (χ4v) is 5.37. The molecule has 12 nitrogen and oxygen atoms in total. The molecular weight excluding hydrogens is 480 g/mol. The maximum absolute atomic E-state index is 10.5. The predicted molar refractivity (Wildman–Crippen MR) is 121 cm³/mol. The van der Waals surface area contributed by atoms with Gasteiger partial charge in [0.25, 0.3) is 20.2 Å². The van der Waals surface area contributed by atoms with Gasteiger partial charge in [-0.15, -0.1) is 0 Å². The first-order chi connectivity index (χ1) is 13.7. The Bertz CT molecular complexity index is 619. The quantitative estimate of drug-likeness (QED) is 0.0749. The molecule has 11 N–H and O–H groups in total. The van der Waals surface area contributed by atoms with E-state index in [-0.39, 0.29) is 36.4 Å². The van der Waals surface area contributed by atoms with Crippen molar-refractivity contribution in [3.8, 4) is 0 Å². The second kappa shape index (κ2) is 17.4. The topological polar surface area (TPSA) is 250 Å². The van der Waals surface area contributed by atoms with Crippen molar-refractivity contribution in [1.82, 2.24) is 0 Å². The van der Waals surface area contributed by atoms with E-state index >= 15 is 0 Å². The SMILES string of the molecule is NCCCC[C@H](N)C(=O)O.N[C@H](CCS(=O)(=O)O)CSSC[C@H](N)CCS(=O)(=O)O.